The highest BCUT2D eigenvalue weighted by atomic mass is 32.2. The first kappa shape index (κ1) is 25.8. The molecule has 0 bridgehead atoms. The second-order valence-corrected chi connectivity index (χ2v) is 9.81. The first-order valence-corrected chi connectivity index (χ1v) is 13.2. The Bertz CT molecular complexity index is 869. The molecule has 2 rings (SSSR count). The van der Waals surface area contributed by atoms with E-state index in [4.69, 9.17) is 23.3 Å². The molecule has 0 N–H and O–H groups in total. The normalized spacial score (nSPS) is 11.5. The Hall–Kier alpha value is -1.50. The van der Waals surface area contributed by atoms with Gasteiger partial charge in [-0.25, -0.2) is 0 Å². The fraction of sp³-hybridized carbons (Fsp3) is 0.478. The summed E-state index contributed by atoms with van der Waals surface area (Å²) in [5.41, 5.74) is 4.67. The first-order valence-electron chi connectivity index (χ1n) is 10.3. The fourth-order valence-electron chi connectivity index (χ4n) is 3.24. The van der Waals surface area contributed by atoms with Gasteiger partial charge in [0, 0.05) is 12.0 Å². The molecule has 0 spiro atoms. The predicted octanol–water partition coefficient (Wildman–Crippen LogP) is 6.20. The molecule has 2 aromatic carbocycles. The summed E-state index contributed by atoms with van der Waals surface area (Å²) in [6, 6.07) is 10.2. The van der Waals surface area contributed by atoms with Gasteiger partial charge in [0.2, 0.25) is 0 Å². The highest BCUT2D eigenvalue weighted by Gasteiger charge is 2.25. The van der Waals surface area contributed by atoms with Crippen LogP contribution in [0, 0.1) is 13.8 Å². The van der Waals surface area contributed by atoms with Crippen molar-refractivity contribution in [3.05, 3.63) is 52.6 Å². The van der Waals surface area contributed by atoms with Crippen molar-refractivity contribution in [1.82, 2.24) is 0 Å². The van der Waals surface area contributed by atoms with Gasteiger partial charge in [-0.05, 0) is 86.9 Å². The molecule has 0 amide bonds. The van der Waals surface area contributed by atoms with Crippen molar-refractivity contribution in [3.63, 3.8) is 0 Å². The van der Waals surface area contributed by atoms with Crippen LogP contribution in [0.15, 0.2) is 35.2 Å². The predicted molar refractivity (Wildman–Crippen MR) is 126 cm³/mol. The zero-order valence-corrected chi connectivity index (χ0v) is 20.9. The van der Waals surface area contributed by atoms with Crippen LogP contribution < -0.4 is 9.47 Å². The molecule has 0 heterocycles. The second-order valence-electron chi connectivity index (χ2n) is 6.97. The van der Waals surface area contributed by atoms with Gasteiger partial charge in [0.15, 0.2) is 13.1 Å². The highest BCUT2D eigenvalue weighted by molar-refractivity contribution is 7.98. The minimum absolute atomic E-state index is 0.104. The topological polar surface area (TPSA) is 63.2 Å². The first-order chi connectivity index (χ1) is 14.9. The highest BCUT2D eigenvalue weighted by Crippen LogP contribution is 2.48. The van der Waals surface area contributed by atoms with Gasteiger partial charge in [-0.3, -0.25) is 4.57 Å². The van der Waals surface area contributed by atoms with Crippen LogP contribution in [-0.2, 0) is 24.8 Å². The van der Waals surface area contributed by atoms with Crippen molar-refractivity contribution in [1.29, 1.82) is 0 Å². The van der Waals surface area contributed by atoms with Gasteiger partial charge in [0.1, 0.15) is 11.5 Å². The van der Waals surface area contributed by atoms with Crippen LogP contribution in [0.2, 0.25) is 0 Å². The average molecular weight is 469 g/mol. The van der Waals surface area contributed by atoms with Crippen LogP contribution in [0.3, 0.4) is 0 Å². The van der Waals surface area contributed by atoms with Crippen molar-refractivity contribution in [2.75, 3.05) is 39.7 Å². The quantitative estimate of drug-likeness (QED) is 0.197. The van der Waals surface area contributed by atoms with Gasteiger partial charge < -0.3 is 23.3 Å². The Morgan fingerprint density at radius 1 is 0.968 bits per heavy atom. The molecule has 0 saturated carbocycles. The average Bonchev–Trinajstić information content (AvgIpc) is 2.74. The number of hydrogen-bond donors (Lipinski definition) is 0. The number of methoxy groups -OCH3 is 1. The van der Waals surface area contributed by atoms with E-state index in [9.17, 15) is 4.57 Å². The number of thioether (sulfide) groups is 1. The van der Waals surface area contributed by atoms with Crippen LogP contribution in [0.4, 0.5) is 0 Å². The Kier molecular flexibility index (Phi) is 10.4. The lowest BCUT2D eigenvalue weighted by molar-refractivity contribution is 0.0491. The molecule has 31 heavy (non-hydrogen) atoms. The minimum atomic E-state index is -3.25. The molecular weight excluding hydrogens is 435 g/mol. The van der Waals surface area contributed by atoms with Crippen molar-refractivity contribution in [2.24, 2.45) is 0 Å². The summed E-state index contributed by atoms with van der Waals surface area (Å²) in [4.78, 5) is 1.08. The number of hydrogen-bond acceptors (Lipinski definition) is 7. The van der Waals surface area contributed by atoms with E-state index in [1.165, 1.54) is 11.1 Å². The van der Waals surface area contributed by atoms with E-state index >= 15 is 0 Å². The molecule has 0 aliphatic rings. The monoisotopic (exact) mass is 468 g/mol. The summed E-state index contributed by atoms with van der Waals surface area (Å²) in [6.45, 7) is 8.54. The van der Waals surface area contributed by atoms with Crippen LogP contribution in [0.25, 0.3) is 0 Å². The molecule has 0 atom stereocenters. The molecule has 172 valence electrons. The standard InChI is InChI=1S/C23H33O6PS/c1-7-28-30(24,29-8-2)16-27-20-11-17(3)21(18(4)12-20)13-19-9-10-22(26-15-25-5)23(14-19)31-6/h9-12,14H,7-8,13,15-16H2,1-6H3. The van der Waals surface area contributed by atoms with Crippen molar-refractivity contribution >= 4 is 19.4 Å². The maximum atomic E-state index is 12.6. The molecule has 6 nitrogen and oxygen atoms in total. The van der Waals surface area contributed by atoms with E-state index in [2.05, 4.69) is 26.0 Å². The number of aryl methyl sites for hydroxylation is 2. The third-order valence-corrected chi connectivity index (χ3v) is 7.16. The van der Waals surface area contributed by atoms with Gasteiger partial charge in [-0.1, -0.05) is 6.07 Å². The summed E-state index contributed by atoms with van der Waals surface area (Å²) >= 11 is 1.65. The summed E-state index contributed by atoms with van der Waals surface area (Å²) in [7, 11) is -1.64. The van der Waals surface area contributed by atoms with Gasteiger partial charge in [0.25, 0.3) is 0 Å². The van der Waals surface area contributed by atoms with Crippen molar-refractivity contribution < 1.29 is 27.8 Å². The van der Waals surface area contributed by atoms with Gasteiger partial charge in [-0.15, -0.1) is 11.8 Å². The second kappa shape index (κ2) is 12.5. The maximum Gasteiger partial charge on any atom is 0.367 e. The van der Waals surface area contributed by atoms with E-state index in [1.807, 2.05) is 24.5 Å². The largest absolute Gasteiger partial charge is 0.481 e. The van der Waals surface area contributed by atoms with Gasteiger partial charge in [-0.2, -0.15) is 0 Å². The number of benzene rings is 2. The van der Waals surface area contributed by atoms with Crippen LogP contribution in [-0.4, -0.2) is 39.7 Å². The maximum absolute atomic E-state index is 12.6. The van der Waals surface area contributed by atoms with Crippen molar-refractivity contribution in [3.8, 4) is 11.5 Å². The lowest BCUT2D eigenvalue weighted by Gasteiger charge is -2.19. The molecule has 0 aliphatic heterocycles. The van der Waals surface area contributed by atoms with E-state index in [1.54, 1.807) is 32.7 Å². The summed E-state index contributed by atoms with van der Waals surface area (Å²) in [5, 5.41) is 0. The molecule has 0 radical (unpaired) electrons. The number of ether oxygens (including phenoxy) is 3. The van der Waals surface area contributed by atoms with E-state index < -0.39 is 7.60 Å². The lowest BCUT2D eigenvalue weighted by Crippen LogP contribution is -2.06. The Balaban J connectivity index is 2.16. The molecular formula is C23H33O6PS. The van der Waals surface area contributed by atoms with Crippen LogP contribution in [0.5, 0.6) is 11.5 Å². The molecule has 2 aromatic rings. The summed E-state index contributed by atoms with van der Waals surface area (Å²) in [6.07, 6.45) is 2.73. The van der Waals surface area contributed by atoms with E-state index in [-0.39, 0.29) is 13.1 Å². The third-order valence-electron chi connectivity index (χ3n) is 4.65. The fourth-order valence-corrected chi connectivity index (χ4v) is 5.16. The van der Waals surface area contributed by atoms with Gasteiger partial charge in [0.05, 0.1) is 13.2 Å². The molecule has 0 unspecified atom stereocenters. The van der Waals surface area contributed by atoms with Crippen LogP contribution in [0.1, 0.15) is 36.1 Å². The molecule has 0 saturated heterocycles. The SMILES string of the molecule is CCOP(=O)(COc1cc(C)c(Cc2ccc(OCOC)c(SC)c2)c(C)c1)OCC. The Labute approximate surface area is 190 Å². The van der Waals surface area contributed by atoms with E-state index in [0.29, 0.717) is 19.0 Å². The molecule has 0 fully saturated rings. The van der Waals surface area contributed by atoms with Crippen molar-refractivity contribution in [2.45, 2.75) is 39.0 Å². The minimum Gasteiger partial charge on any atom is -0.481 e. The lowest BCUT2D eigenvalue weighted by atomic mass is 9.96. The molecule has 8 heteroatoms. The summed E-state index contributed by atoms with van der Waals surface area (Å²) < 4.78 is 39.7. The Morgan fingerprint density at radius 3 is 2.16 bits per heavy atom. The van der Waals surface area contributed by atoms with Gasteiger partial charge >= 0.3 is 7.60 Å². The zero-order chi connectivity index (χ0) is 22.9. The van der Waals surface area contributed by atoms with E-state index in [0.717, 1.165) is 28.2 Å². The van der Waals surface area contributed by atoms with Crippen LogP contribution >= 0.6 is 19.4 Å². The summed E-state index contributed by atoms with van der Waals surface area (Å²) in [5.74, 6) is 1.48. The third kappa shape index (κ3) is 7.55. The molecule has 0 aromatic heterocycles. The smallest absolute Gasteiger partial charge is 0.367 e. The zero-order valence-electron chi connectivity index (χ0n) is 19.2. The molecule has 0 aliphatic carbocycles. The Morgan fingerprint density at radius 2 is 1.61 bits per heavy atom. The number of rotatable bonds is 13.